The zero-order valence-corrected chi connectivity index (χ0v) is 7.31. The second-order valence-electron chi connectivity index (χ2n) is 2.66. The number of hydrogen-bond donors (Lipinski definition) is 1. The van der Waals surface area contributed by atoms with E-state index in [1.807, 2.05) is 30.4 Å². The number of aldehydes is 1. The van der Waals surface area contributed by atoms with Crippen LogP contribution < -0.4 is 0 Å². The SMILES string of the molecule is O=Cc1ccccc1C=CCCO. The van der Waals surface area contributed by atoms with E-state index >= 15 is 0 Å². The second-order valence-corrected chi connectivity index (χ2v) is 2.66. The quantitative estimate of drug-likeness (QED) is 0.711. The zero-order valence-electron chi connectivity index (χ0n) is 7.31. The zero-order chi connectivity index (χ0) is 9.52. The van der Waals surface area contributed by atoms with Crippen LogP contribution in [0.15, 0.2) is 30.3 Å². The molecule has 0 atom stereocenters. The van der Waals surface area contributed by atoms with Gasteiger partial charge in [-0.25, -0.2) is 0 Å². The van der Waals surface area contributed by atoms with Gasteiger partial charge in [-0.15, -0.1) is 0 Å². The van der Waals surface area contributed by atoms with Crippen molar-refractivity contribution in [1.29, 1.82) is 0 Å². The van der Waals surface area contributed by atoms with Crippen LogP contribution in [0.1, 0.15) is 22.3 Å². The van der Waals surface area contributed by atoms with Crippen molar-refractivity contribution in [3.8, 4) is 0 Å². The Kier molecular flexibility index (Phi) is 3.93. The van der Waals surface area contributed by atoms with Crippen molar-refractivity contribution in [3.05, 3.63) is 41.5 Å². The molecule has 0 saturated carbocycles. The largest absolute Gasteiger partial charge is 0.396 e. The fourth-order valence-electron chi connectivity index (χ4n) is 1.05. The molecule has 0 aliphatic rings. The van der Waals surface area contributed by atoms with Gasteiger partial charge in [-0.2, -0.15) is 0 Å². The normalized spacial score (nSPS) is 10.5. The summed E-state index contributed by atoms with van der Waals surface area (Å²) in [5.41, 5.74) is 1.57. The van der Waals surface area contributed by atoms with Crippen LogP contribution in [-0.4, -0.2) is 18.0 Å². The molecule has 0 saturated heterocycles. The van der Waals surface area contributed by atoms with Gasteiger partial charge in [0.05, 0.1) is 0 Å². The first kappa shape index (κ1) is 9.68. The molecule has 1 N–H and O–H groups in total. The van der Waals surface area contributed by atoms with Crippen molar-refractivity contribution in [3.63, 3.8) is 0 Å². The van der Waals surface area contributed by atoms with Gasteiger partial charge in [0.15, 0.2) is 6.29 Å². The highest BCUT2D eigenvalue weighted by molar-refractivity contribution is 5.81. The molecule has 0 heterocycles. The Bertz CT molecular complexity index is 303. The highest BCUT2D eigenvalue weighted by Crippen LogP contribution is 2.08. The first-order valence-electron chi connectivity index (χ1n) is 4.20. The van der Waals surface area contributed by atoms with Crippen LogP contribution in [0.25, 0.3) is 6.08 Å². The first-order valence-corrected chi connectivity index (χ1v) is 4.20. The number of benzene rings is 1. The van der Waals surface area contributed by atoms with Crippen molar-refractivity contribution in [1.82, 2.24) is 0 Å². The van der Waals surface area contributed by atoms with Crippen molar-refractivity contribution < 1.29 is 9.90 Å². The molecule has 0 aromatic heterocycles. The average molecular weight is 176 g/mol. The van der Waals surface area contributed by atoms with Crippen molar-refractivity contribution in [2.24, 2.45) is 0 Å². The number of aliphatic hydroxyl groups is 1. The number of rotatable bonds is 4. The Morgan fingerprint density at radius 1 is 1.23 bits per heavy atom. The number of carbonyl (C=O) groups is 1. The summed E-state index contributed by atoms with van der Waals surface area (Å²) in [6.45, 7) is 0.139. The van der Waals surface area contributed by atoms with Gasteiger partial charge in [-0.3, -0.25) is 4.79 Å². The van der Waals surface area contributed by atoms with E-state index in [0.29, 0.717) is 12.0 Å². The lowest BCUT2D eigenvalue weighted by Crippen LogP contribution is -1.84. The smallest absolute Gasteiger partial charge is 0.150 e. The van der Waals surface area contributed by atoms with E-state index in [2.05, 4.69) is 0 Å². The molecule has 1 rings (SSSR count). The Balaban J connectivity index is 2.80. The summed E-state index contributed by atoms with van der Waals surface area (Å²) in [7, 11) is 0. The van der Waals surface area contributed by atoms with Gasteiger partial charge in [-0.05, 0) is 12.0 Å². The van der Waals surface area contributed by atoms with Gasteiger partial charge < -0.3 is 5.11 Å². The van der Waals surface area contributed by atoms with Gasteiger partial charge in [0, 0.05) is 12.2 Å². The highest BCUT2D eigenvalue weighted by Gasteiger charge is 1.94. The van der Waals surface area contributed by atoms with Gasteiger partial charge >= 0.3 is 0 Å². The van der Waals surface area contributed by atoms with Gasteiger partial charge in [-0.1, -0.05) is 36.4 Å². The van der Waals surface area contributed by atoms with Crippen molar-refractivity contribution in [2.45, 2.75) is 6.42 Å². The molecule has 0 unspecified atom stereocenters. The number of aliphatic hydroxyl groups excluding tert-OH is 1. The van der Waals surface area contributed by atoms with Crippen LogP contribution in [0.2, 0.25) is 0 Å². The molecule has 0 amide bonds. The van der Waals surface area contributed by atoms with Gasteiger partial charge in [0.2, 0.25) is 0 Å². The molecule has 1 aromatic carbocycles. The summed E-state index contributed by atoms with van der Waals surface area (Å²) >= 11 is 0. The maximum absolute atomic E-state index is 10.6. The molecule has 0 bridgehead atoms. The lowest BCUT2D eigenvalue weighted by atomic mass is 10.1. The summed E-state index contributed by atoms with van der Waals surface area (Å²) in [5.74, 6) is 0. The third kappa shape index (κ3) is 2.84. The van der Waals surface area contributed by atoms with E-state index in [4.69, 9.17) is 5.11 Å². The number of carbonyl (C=O) groups excluding carboxylic acids is 1. The Hall–Kier alpha value is -1.41. The lowest BCUT2D eigenvalue weighted by Gasteiger charge is -1.96. The van der Waals surface area contributed by atoms with E-state index < -0.39 is 0 Å². The molecule has 0 radical (unpaired) electrons. The molecule has 0 aliphatic carbocycles. The summed E-state index contributed by atoms with van der Waals surface area (Å²) < 4.78 is 0. The third-order valence-corrected chi connectivity index (χ3v) is 1.72. The van der Waals surface area contributed by atoms with Crippen LogP contribution in [0.3, 0.4) is 0 Å². The van der Waals surface area contributed by atoms with E-state index in [1.165, 1.54) is 0 Å². The maximum atomic E-state index is 10.6. The molecule has 68 valence electrons. The molecule has 0 aliphatic heterocycles. The molecular weight excluding hydrogens is 164 g/mol. The fourth-order valence-corrected chi connectivity index (χ4v) is 1.05. The van der Waals surface area contributed by atoms with E-state index in [9.17, 15) is 4.79 Å². The molecule has 13 heavy (non-hydrogen) atoms. The van der Waals surface area contributed by atoms with Crippen LogP contribution in [0, 0.1) is 0 Å². The minimum Gasteiger partial charge on any atom is -0.396 e. The van der Waals surface area contributed by atoms with Gasteiger partial charge in [0.1, 0.15) is 0 Å². The molecule has 2 heteroatoms. The average Bonchev–Trinajstić information content (AvgIpc) is 2.19. The van der Waals surface area contributed by atoms with E-state index in [1.54, 1.807) is 6.07 Å². The predicted octanol–water partition coefficient (Wildman–Crippen LogP) is 1.89. The number of hydrogen-bond acceptors (Lipinski definition) is 2. The van der Waals surface area contributed by atoms with Crippen molar-refractivity contribution >= 4 is 12.4 Å². The molecule has 1 aromatic rings. The molecular formula is C11H12O2. The third-order valence-electron chi connectivity index (χ3n) is 1.72. The summed E-state index contributed by atoms with van der Waals surface area (Å²) in [4.78, 5) is 10.6. The highest BCUT2D eigenvalue weighted by atomic mass is 16.2. The molecule has 0 spiro atoms. The van der Waals surface area contributed by atoms with E-state index in [-0.39, 0.29) is 6.61 Å². The van der Waals surface area contributed by atoms with Crippen LogP contribution in [0.5, 0.6) is 0 Å². The minimum atomic E-state index is 0.139. The van der Waals surface area contributed by atoms with Crippen LogP contribution in [-0.2, 0) is 0 Å². The fraction of sp³-hybridized carbons (Fsp3) is 0.182. The van der Waals surface area contributed by atoms with Crippen LogP contribution >= 0.6 is 0 Å². The predicted molar refractivity (Wildman–Crippen MR) is 52.6 cm³/mol. The lowest BCUT2D eigenvalue weighted by molar-refractivity contribution is 0.112. The second kappa shape index (κ2) is 5.27. The standard InChI is InChI=1S/C11H12O2/c12-8-4-3-6-10-5-1-2-7-11(10)9-13/h1-3,5-7,9,12H,4,8H2. The first-order chi connectivity index (χ1) is 6.38. The van der Waals surface area contributed by atoms with Crippen LogP contribution in [0.4, 0.5) is 0 Å². The topological polar surface area (TPSA) is 37.3 Å². The molecule has 0 fully saturated rings. The monoisotopic (exact) mass is 176 g/mol. The Morgan fingerprint density at radius 3 is 2.54 bits per heavy atom. The van der Waals surface area contributed by atoms with E-state index in [0.717, 1.165) is 11.8 Å². The van der Waals surface area contributed by atoms with Crippen molar-refractivity contribution in [2.75, 3.05) is 6.61 Å². The van der Waals surface area contributed by atoms with Gasteiger partial charge in [0.25, 0.3) is 0 Å². The maximum Gasteiger partial charge on any atom is 0.150 e. The summed E-state index contributed by atoms with van der Waals surface area (Å²) in [5, 5.41) is 8.55. The summed E-state index contributed by atoms with van der Waals surface area (Å²) in [6, 6.07) is 7.35. The Morgan fingerprint density at radius 2 is 1.92 bits per heavy atom. The molecule has 2 nitrogen and oxygen atoms in total. The summed E-state index contributed by atoms with van der Waals surface area (Å²) in [6.07, 6.45) is 5.15. The minimum absolute atomic E-state index is 0.139. The Labute approximate surface area is 77.5 Å².